The first-order chi connectivity index (χ1) is 12.6. The van der Waals surface area contributed by atoms with Crippen LogP contribution in [0.4, 0.5) is 0 Å². The van der Waals surface area contributed by atoms with E-state index in [1.165, 1.54) is 12.1 Å². The van der Waals surface area contributed by atoms with Crippen molar-refractivity contribution in [2.45, 2.75) is 6.04 Å². The molecular formula is C17H18N6O3. The van der Waals surface area contributed by atoms with Crippen LogP contribution in [0.5, 0.6) is 11.5 Å². The molecule has 1 amide bonds. The molecule has 0 spiro atoms. The zero-order chi connectivity index (χ0) is 18.5. The molecule has 0 bridgehead atoms. The molecule has 0 unspecified atom stereocenters. The summed E-state index contributed by atoms with van der Waals surface area (Å²) in [6.07, 6.45) is 3.29. The lowest BCUT2D eigenvalue weighted by Crippen LogP contribution is -2.35. The fourth-order valence-electron chi connectivity index (χ4n) is 2.43. The largest absolute Gasteiger partial charge is 0.508 e. The summed E-state index contributed by atoms with van der Waals surface area (Å²) in [6, 6.07) is 6.86. The van der Waals surface area contributed by atoms with Crippen LogP contribution in [-0.2, 0) is 0 Å². The van der Waals surface area contributed by atoms with E-state index in [1.54, 1.807) is 31.6 Å². The SMILES string of the molecule is CNC[C@H](NC(=O)c1ccc(O)cc1O)c1nc(-c2ccncc2)n[nH]1. The first-order valence-corrected chi connectivity index (χ1v) is 7.88. The maximum absolute atomic E-state index is 12.5. The van der Waals surface area contributed by atoms with Crippen LogP contribution in [0, 0.1) is 0 Å². The van der Waals surface area contributed by atoms with Gasteiger partial charge in [-0.1, -0.05) is 0 Å². The van der Waals surface area contributed by atoms with Gasteiger partial charge >= 0.3 is 0 Å². The quantitative estimate of drug-likeness (QED) is 0.445. The monoisotopic (exact) mass is 354 g/mol. The minimum Gasteiger partial charge on any atom is -0.508 e. The first kappa shape index (κ1) is 17.4. The summed E-state index contributed by atoms with van der Waals surface area (Å²) in [5.74, 6) is 0.0384. The molecule has 0 radical (unpaired) electrons. The number of nitrogens with one attached hydrogen (secondary N) is 3. The summed E-state index contributed by atoms with van der Waals surface area (Å²) in [6.45, 7) is 0.398. The Kier molecular flexibility index (Phi) is 5.09. The number of likely N-dealkylation sites (N-methyl/N-ethyl adjacent to an activating group) is 1. The predicted molar refractivity (Wildman–Crippen MR) is 93.5 cm³/mol. The maximum Gasteiger partial charge on any atom is 0.255 e. The second-order valence-corrected chi connectivity index (χ2v) is 5.57. The van der Waals surface area contributed by atoms with Crippen LogP contribution < -0.4 is 10.6 Å². The molecule has 2 aromatic heterocycles. The third kappa shape index (κ3) is 3.78. The normalized spacial score (nSPS) is 11.9. The van der Waals surface area contributed by atoms with Crippen LogP contribution >= 0.6 is 0 Å². The number of amides is 1. The molecule has 2 heterocycles. The topological polar surface area (TPSA) is 136 Å². The fourth-order valence-corrected chi connectivity index (χ4v) is 2.43. The van der Waals surface area contributed by atoms with Gasteiger partial charge in [-0.25, -0.2) is 4.98 Å². The smallest absolute Gasteiger partial charge is 0.255 e. The molecule has 134 valence electrons. The Morgan fingerprint density at radius 3 is 2.69 bits per heavy atom. The Labute approximate surface area is 149 Å². The number of aromatic nitrogens is 4. The minimum atomic E-state index is -0.496. The van der Waals surface area contributed by atoms with E-state index >= 15 is 0 Å². The Morgan fingerprint density at radius 1 is 1.23 bits per heavy atom. The van der Waals surface area contributed by atoms with Crippen LogP contribution in [0.2, 0.25) is 0 Å². The highest BCUT2D eigenvalue weighted by atomic mass is 16.3. The van der Waals surface area contributed by atoms with Crippen molar-refractivity contribution in [2.24, 2.45) is 0 Å². The van der Waals surface area contributed by atoms with Crippen LogP contribution in [0.25, 0.3) is 11.4 Å². The molecule has 5 N–H and O–H groups in total. The summed E-state index contributed by atoms with van der Waals surface area (Å²) in [7, 11) is 1.75. The molecule has 0 saturated heterocycles. The van der Waals surface area contributed by atoms with Crippen LogP contribution in [0.15, 0.2) is 42.7 Å². The number of rotatable bonds is 6. The number of aromatic amines is 1. The van der Waals surface area contributed by atoms with E-state index in [4.69, 9.17) is 0 Å². The van der Waals surface area contributed by atoms with Gasteiger partial charge in [0.2, 0.25) is 0 Å². The van der Waals surface area contributed by atoms with Gasteiger partial charge in [0.15, 0.2) is 5.82 Å². The minimum absolute atomic E-state index is 0.0535. The summed E-state index contributed by atoms with van der Waals surface area (Å²) in [4.78, 5) is 20.8. The summed E-state index contributed by atoms with van der Waals surface area (Å²) in [5, 5.41) is 32.0. The summed E-state index contributed by atoms with van der Waals surface area (Å²) < 4.78 is 0. The molecule has 3 aromatic rings. The molecular weight excluding hydrogens is 336 g/mol. The van der Waals surface area contributed by atoms with Crippen LogP contribution in [0.1, 0.15) is 22.2 Å². The van der Waals surface area contributed by atoms with Gasteiger partial charge in [0, 0.05) is 30.6 Å². The number of hydrogen-bond donors (Lipinski definition) is 5. The van der Waals surface area contributed by atoms with Crippen molar-refractivity contribution in [3.8, 4) is 22.9 Å². The first-order valence-electron chi connectivity index (χ1n) is 7.88. The van der Waals surface area contributed by atoms with E-state index in [-0.39, 0.29) is 17.1 Å². The Hall–Kier alpha value is -3.46. The van der Waals surface area contributed by atoms with Gasteiger partial charge in [-0.3, -0.25) is 14.9 Å². The molecule has 0 aliphatic rings. The zero-order valence-electron chi connectivity index (χ0n) is 14.0. The lowest BCUT2D eigenvalue weighted by atomic mass is 10.1. The highest BCUT2D eigenvalue weighted by Crippen LogP contribution is 2.23. The highest BCUT2D eigenvalue weighted by Gasteiger charge is 2.21. The number of H-pyrrole nitrogens is 1. The molecule has 1 atom stereocenters. The van der Waals surface area contributed by atoms with Gasteiger partial charge in [0.25, 0.3) is 5.91 Å². The van der Waals surface area contributed by atoms with Gasteiger partial charge in [-0.2, -0.15) is 5.10 Å². The number of phenols is 2. The number of nitrogens with zero attached hydrogens (tertiary/aromatic N) is 3. The number of carbonyl (C=O) groups excluding carboxylic acids is 1. The summed E-state index contributed by atoms with van der Waals surface area (Å²) in [5.41, 5.74) is 0.853. The van der Waals surface area contributed by atoms with Gasteiger partial charge in [-0.15, -0.1) is 0 Å². The second-order valence-electron chi connectivity index (χ2n) is 5.57. The molecule has 26 heavy (non-hydrogen) atoms. The molecule has 9 nitrogen and oxygen atoms in total. The number of benzene rings is 1. The fraction of sp³-hybridized carbons (Fsp3) is 0.176. The highest BCUT2D eigenvalue weighted by molar-refractivity contribution is 5.97. The van der Waals surface area contributed by atoms with Crippen molar-refractivity contribution in [1.29, 1.82) is 0 Å². The van der Waals surface area contributed by atoms with E-state index in [0.717, 1.165) is 11.6 Å². The Bertz CT molecular complexity index is 897. The third-order valence-corrected chi connectivity index (χ3v) is 3.71. The summed E-state index contributed by atoms with van der Waals surface area (Å²) >= 11 is 0. The average molecular weight is 354 g/mol. The van der Waals surface area contributed by atoms with E-state index in [1.807, 2.05) is 0 Å². The van der Waals surface area contributed by atoms with Gasteiger partial charge < -0.3 is 20.8 Å². The number of carbonyl (C=O) groups is 1. The van der Waals surface area contributed by atoms with Crippen molar-refractivity contribution >= 4 is 5.91 Å². The van der Waals surface area contributed by atoms with Crippen molar-refractivity contribution < 1.29 is 15.0 Å². The van der Waals surface area contributed by atoms with E-state index < -0.39 is 11.9 Å². The van der Waals surface area contributed by atoms with Crippen molar-refractivity contribution in [1.82, 2.24) is 30.8 Å². The van der Waals surface area contributed by atoms with Crippen LogP contribution in [-0.4, -0.2) is 49.9 Å². The number of aromatic hydroxyl groups is 2. The lowest BCUT2D eigenvalue weighted by molar-refractivity contribution is 0.0932. The van der Waals surface area contributed by atoms with Crippen molar-refractivity contribution in [3.63, 3.8) is 0 Å². The second kappa shape index (κ2) is 7.62. The molecule has 0 aliphatic carbocycles. The lowest BCUT2D eigenvalue weighted by Gasteiger charge is -2.16. The maximum atomic E-state index is 12.5. The van der Waals surface area contributed by atoms with Crippen molar-refractivity contribution in [3.05, 3.63) is 54.1 Å². The predicted octanol–water partition coefficient (Wildman–Crippen LogP) is 0.968. The molecule has 3 rings (SSSR count). The molecule has 0 fully saturated rings. The van der Waals surface area contributed by atoms with E-state index in [9.17, 15) is 15.0 Å². The van der Waals surface area contributed by atoms with Crippen molar-refractivity contribution in [2.75, 3.05) is 13.6 Å². The molecule has 0 saturated carbocycles. The average Bonchev–Trinajstić information content (AvgIpc) is 3.12. The molecule has 0 aliphatic heterocycles. The van der Waals surface area contributed by atoms with Gasteiger partial charge in [0.05, 0.1) is 5.56 Å². The number of phenolic OH excluding ortho intramolecular Hbond substituents is 2. The zero-order valence-corrected chi connectivity index (χ0v) is 14.0. The number of hydrogen-bond acceptors (Lipinski definition) is 7. The Morgan fingerprint density at radius 2 is 2.00 bits per heavy atom. The number of pyridine rings is 1. The molecule has 9 heteroatoms. The van der Waals surface area contributed by atoms with E-state index in [0.29, 0.717) is 18.2 Å². The van der Waals surface area contributed by atoms with E-state index in [2.05, 4.69) is 30.8 Å². The van der Waals surface area contributed by atoms with Gasteiger partial charge in [0.1, 0.15) is 23.4 Å². The third-order valence-electron chi connectivity index (χ3n) is 3.71. The van der Waals surface area contributed by atoms with Gasteiger partial charge in [-0.05, 0) is 31.3 Å². The molecule has 1 aromatic carbocycles. The van der Waals surface area contributed by atoms with Crippen LogP contribution in [0.3, 0.4) is 0 Å². The standard InChI is InChI=1S/C17H18N6O3/c1-18-9-13(20-17(26)12-3-2-11(24)8-14(12)25)16-21-15(22-23-16)10-4-6-19-7-5-10/h2-8,13,18,24-25H,9H2,1H3,(H,20,26)(H,21,22,23)/t13-/m0/s1. The Balaban J connectivity index is 1.81.